The summed E-state index contributed by atoms with van der Waals surface area (Å²) in [4.78, 5) is 48.3. The van der Waals surface area contributed by atoms with Gasteiger partial charge in [-0.2, -0.15) is 0 Å². The molecule has 7 rings (SSSR count). The van der Waals surface area contributed by atoms with Crippen LogP contribution in [0, 0.1) is 0 Å². The molecule has 5 aromatic rings. The zero-order valence-corrected chi connectivity index (χ0v) is 32.1. The SMILES string of the molecule is CC(COC(=O)Nc1cc2c(c3ccccc13)C(CCl)CN2C(=O)CCCC(=O)N1CC(CCl)c2c1cc(O)c1ccccc21)SSc1ccccn1. The summed E-state index contributed by atoms with van der Waals surface area (Å²) in [6.07, 6.45) is 1.79. The number of rotatable bonds is 12. The van der Waals surface area contributed by atoms with E-state index in [4.69, 9.17) is 27.9 Å². The molecule has 0 saturated heterocycles. The highest BCUT2D eigenvalue weighted by molar-refractivity contribution is 8.76. The van der Waals surface area contributed by atoms with Gasteiger partial charge in [-0.1, -0.05) is 65.4 Å². The number of fused-ring (bicyclic) bond motifs is 6. The summed E-state index contributed by atoms with van der Waals surface area (Å²) in [7, 11) is 3.10. The fourth-order valence-corrected chi connectivity index (χ4v) is 9.63. The number of nitrogens with zero attached hydrogens (tertiary/aromatic N) is 3. The summed E-state index contributed by atoms with van der Waals surface area (Å²) in [6.45, 7) is 3.00. The van der Waals surface area contributed by atoms with Crippen molar-refractivity contribution in [3.8, 4) is 5.75 Å². The number of anilines is 3. The molecular formula is C40H38Cl2N4O5S2. The zero-order valence-electron chi connectivity index (χ0n) is 29.0. The average Bonchev–Trinajstić information content (AvgIpc) is 3.75. The molecule has 3 amide bonds. The predicted octanol–water partition coefficient (Wildman–Crippen LogP) is 9.68. The number of phenols is 1. The number of halogens is 2. The minimum Gasteiger partial charge on any atom is -0.507 e. The van der Waals surface area contributed by atoms with Crippen LogP contribution >= 0.6 is 44.8 Å². The smallest absolute Gasteiger partial charge is 0.411 e. The van der Waals surface area contributed by atoms with Crippen LogP contribution in [0.25, 0.3) is 21.5 Å². The van der Waals surface area contributed by atoms with Gasteiger partial charge in [0.2, 0.25) is 11.8 Å². The lowest BCUT2D eigenvalue weighted by Crippen LogP contribution is -2.32. The number of alkyl halides is 2. The van der Waals surface area contributed by atoms with E-state index in [0.29, 0.717) is 48.3 Å². The second kappa shape index (κ2) is 16.5. The Morgan fingerprint density at radius 2 is 1.42 bits per heavy atom. The van der Waals surface area contributed by atoms with E-state index in [-0.39, 0.29) is 54.1 Å². The van der Waals surface area contributed by atoms with Crippen molar-refractivity contribution in [2.24, 2.45) is 0 Å². The highest BCUT2D eigenvalue weighted by Gasteiger charge is 2.36. The van der Waals surface area contributed by atoms with Gasteiger partial charge in [0.05, 0.1) is 11.4 Å². The lowest BCUT2D eigenvalue weighted by molar-refractivity contribution is -0.119. The fourth-order valence-electron chi connectivity index (χ4n) is 7.26. The van der Waals surface area contributed by atoms with Crippen molar-refractivity contribution in [3.63, 3.8) is 0 Å². The third kappa shape index (κ3) is 7.76. The number of pyridine rings is 1. The number of carbonyl (C=O) groups is 3. The Kier molecular flexibility index (Phi) is 11.5. The maximum Gasteiger partial charge on any atom is 0.411 e. The van der Waals surface area contributed by atoms with Gasteiger partial charge >= 0.3 is 6.09 Å². The maximum atomic E-state index is 13.9. The molecule has 13 heteroatoms. The molecule has 4 aromatic carbocycles. The third-order valence-corrected chi connectivity index (χ3v) is 13.2. The number of ether oxygens (including phenoxy) is 1. The van der Waals surface area contributed by atoms with E-state index >= 15 is 0 Å². The first-order chi connectivity index (χ1) is 25.8. The van der Waals surface area contributed by atoms with Crippen molar-refractivity contribution in [2.75, 3.05) is 46.6 Å². The van der Waals surface area contributed by atoms with Crippen LogP contribution < -0.4 is 15.1 Å². The molecule has 3 atom stereocenters. The van der Waals surface area contributed by atoms with Gasteiger partial charge in [-0.3, -0.25) is 14.9 Å². The van der Waals surface area contributed by atoms with Crippen molar-refractivity contribution >= 4 is 101 Å². The van der Waals surface area contributed by atoms with E-state index in [1.54, 1.807) is 32.9 Å². The second-order valence-corrected chi connectivity index (χ2v) is 16.5. The molecule has 0 bridgehead atoms. The Morgan fingerprint density at radius 1 is 0.849 bits per heavy atom. The molecule has 3 unspecified atom stereocenters. The molecule has 2 aliphatic heterocycles. The molecule has 0 fully saturated rings. The minimum atomic E-state index is -0.588. The van der Waals surface area contributed by atoms with Crippen LogP contribution in [0.5, 0.6) is 5.75 Å². The monoisotopic (exact) mass is 788 g/mol. The summed E-state index contributed by atoms with van der Waals surface area (Å²) in [5.74, 6) is 0.351. The summed E-state index contributed by atoms with van der Waals surface area (Å²) in [6, 6.07) is 24.5. The highest BCUT2D eigenvalue weighted by Crippen LogP contribution is 2.47. The number of hydrogen-bond donors (Lipinski definition) is 2. The maximum absolute atomic E-state index is 13.9. The summed E-state index contributed by atoms with van der Waals surface area (Å²) >= 11 is 12.9. The van der Waals surface area contributed by atoms with Crippen LogP contribution in [0.1, 0.15) is 49.1 Å². The Morgan fingerprint density at radius 3 is 2.02 bits per heavy atom. The van der Waals surface area contributed by atoms with E-state index in [1.807, 2.05) is 79.7 Å². The fraction of sp³-hybridized carbons (Fsp3) is 0.300. The molecule has 274 valence electrons. The predicted molar refractivity (Wildman–Crippen MR) is 217 cm³/mol. The molecule has 2 N–H and O–H groups in total. The Balaban J connectivity index is 1.03. The summed E-state index contributed by atoms with van der Waals surface area (Å²) in [5, 5.41) is 17.9. The van der Waals surface area contributed by atoms with Gasteiger partial charge in [-0.05, 0) is 64.2 Å². The molecule has 1 aromatic heterocycles. The van der Waals surface area contributed by atoms with E-state index in [2.05, 4.69) is 10.3 Å². The number of hydrogen-bond acceptors (Lipinski definition) is 8. The lowest BCUT2D eigenvalue weighted by Gasteiger charge is -2.21. The topological polar surface area (TPSA) is 112 Å². The largest absolute Gasteiger partial charge is 0.507 e. The molecule has 53 heavy (non-hydrogen) atoms. The van der Waals surface area contributed by atoms with Crippen molar-refractivity contribution in [1.29, 1.82) is 0 Å². The van der Waals surface area contributed by atoms with Crippen LogP contribution in [-0.2, 0) is 14.3 Å². The van der Waals surface area contributed by atoms with Crippen LogP contribution in [0.2, 0.25) is 0 Å². The summed E-state index contributed by atoms with van der Waals surface area (Å²) in [5.41, 5.74) is 3.82. The van der Waals surface area contributed by atoms with E-state index in [9.17, 15) is 19.5 Å². The van der Waals surface area contributed by atoms with Crippen LogP contribution in [0.3, 0.4) is 0 Å². The Hall–Kier alpha value is -4.16. The highest BCUT2D eigenvalue weighted by atomic mass is 35.5. The minimum absolute atomic E-state index is 0.0167. The van der Waals surface area contributed by atoms with Crippen LogP contribution in [-0.4, -0.2) is 64.7 Å². The van der Waals surface area contributed by atoms with Gasteiger partial charge in [0.1, 0.15) is 17.4 Å². The molecule has 0 radical (unpaired) electrons. The molecule has 3 heterocycles. The van der Waals surface area contributed by atoms with Gasteiger partial charge in [-0.25, -0.2) is 9.78 Å². The number of aromatic nitrogens is 1. The molecule has 0 aliphatic carbocycles. The number of amides is 3. The standard InChI is InChI=1S/C40H38Cl2N4O5S2/c1-24(52-53-35-13-6-7-16-43-35)23-51-40(50)44-31-17-32-38(29-11-4-2-9-27(29)31)25(19-41)21-45(32)36(48)14-8-15-37(49)46-22-26(20-42)39-30-12-5-3-10-28(30)34(47)18-33(39)46/h2-7,9-13,16-18,24-26,47H,8,14-15,19-23H2,1H3,(H,44,50). The van der Waals surface area contributed by atoms with E-state index in [1.165, 1.54) is 10.8 Å². The lowest BCUT2D eigenvalue weighted by atomic mass is 9.95. The number of aromatic hydroxyl groups is 1. The van der Waals surface area contributed by atoms with Gasteiger partial charge in [0.25, 0.3) is 0 Å². The van der Waals surface area contributed by atoms with Gasteiger partial charge in [0, 0.05) is 83.5 Å². The molecular weight excluding hydrogens is 752 g/mol. The van der Waals surface area contributed by atoms with Gasteiger partial charge in [-0.15, -0.1) is 23.2 Å². The second-order valence-electron chi connectivity index (χ2n) is 13.2. The Labute approximate surface area is 325 Å². The van der Waals surface area contributed by atoms with Gasteiger partial charge in [0.15, 0.2) is 0 Å². The van der Waals surface area contributed by atoms with E-state index < -0.39 is 6.09 Å². The number of carbonyl (C=O) groups excluding carboxylic acids is 3. The van der Waals surface area contributed by atoms with Gasteiger partial charge < -0.3 is 19.6 Å². The van der Waals surface area contributed by atoms with Crippen molar-refractivity contribution in [3.05, 3.63) is 96.2 Å². The Bertz CT molecular complexity index is 2170. The first kappa shape index (κ1) is 37.2. The van der Waals surface area contributed by atoms with Crippen molar-refractivity contribution in [2.45, 2.75) is 48.3 Å². The average molecular weight is 790 g/mol. The molecule has 0 saturated carbocycles. The molecule has 2 aliphatic rings. The number of nitrogens with one attached hydrogen (secondary N) is 1. The normalized spacial score (nSPS) is 16.8. The van der Waals surface area contributed by atoms with E-state index in [0.717, 1.165) is 37.7 Å². The number of phenolic OH excluding ortho intramolecular Hbond substituents is 1. The van der Waals surface area contributed by atoms with Crippen LogP contribution in [0.15, 0.2) is 90.1 Å². The first-order valence-electron chi connectivity index (χ1n) is 17.5. The van der Waals surface area contributed by atoms with Crippen molar-refractivity contribution < 1.29 is 24.2 Å². The van der Waals surface area contributed by atoms with Crippen LogP contribution in [0.4, 0.5) is 21.9 Å². The third-order valence-electron chi connectivity index (χ3n) is 9.69. The molecule has 9 nitrogen and oxygen atoms in total. The first-order valence-corrected chi connectivity index (χ1v) is 20.8. The number of benzene rings is 4. The quantitative estimate of drug-likeness (QED) is 0.0950. The molecule has 0 spiro atoms. The van der Waals surface area contributed by atoms with Crippen molar-refractivity contribution in [1.82, 2.24) is 4.98 Å². The zero-order chi connectivity index (χ0) is 37.1. The summed E-state index contributed by atoms with van der Waals surface area (Å²) < 4.78 is 5.60.